The molecular weight excluding hydrogens is 412 g/mol. The molecule has 8 heteroatoms. The maximum absolute atomic E-state index is 13.8. The van der Waals surface area contributed by atoms with Crippen LogP contribution < -0.4 is 5.32 Å². The van der Waals surface area contributed by atoms with Gasteiger partial charge >= 0.3 is 12.1 Å². The van der Waals surface area contributed by atoms with E-state index in [-0.39, 0.29) is 16.7 Å². The Morgan fingerprint density at radius 1 is 1.26 bits per heavy atom. The summed E-state index contributed by atoms with van der Waals surface area (Å²) >= 11 is 0. The summed E-state index contributed by atoms with van der Waals surface area (Å²) in [5.74, 6) is -3.19. The van der Waals surface area contributed by atoms with Gasteiger partial charge in [0.15, 0.2) is 0 Å². The molecule has 168 valence electrons. The number of carbonyl (C=O) groups is 1. The SMILES string of the molecule is CCCC1=C(C(=O)OC(C)(C)CC)C(c2ccc(F)cc2C(F)(F)F)C(C#N)=C(C)N1. The first-order valence-corrected chi connectivity index (χ1v) is 10.1. The van der Waals surface area contributed by atoms with Crippen molar-refractivity contribution < 1.29 is 27.1 Å². The van der Waals surface area contributed by atoms with Crippen LogP contribution in [0.3, 0.4) is 0 Å². The molecule has 1 aromatic rings. The van der Waals surface area contributed by atoms with Gasteiger partial charge in [0.25, 0.3) is 0 Å². The summed E-state index contributed by atoms with van der Waals surface area (Å²) in [7, 11) is 0. The van der Waals surface area contributed by atoms with E-state index in [2.05, 4.69) is 5.32 Å². The largest absolute Gasteiger partial charge is 0.456 e. The van der Waals surface area contributed by atoms with E-state index >= 15 is 0 Å². The van der Waals surface area contributed by atoms with Crippen LogP contribution in [0.5, 0.6) is 0 Å². The fraction of sp³-hybridized carbons (Fsp3) is 0.478. The van der Waals surface area contributed by atoms with E-state index < -0.39 is 35.0 Å². The quantitative estimate of drug-likeness (QED) is 0.430. The van der Waals surface area contributed by atoms with Crippen LogP contribution in [0.2, 0.25) is 0 Å². The van der Waals surface area contributed by atoms with Gasteiger partial charge in [0.1, 0.15) is 11.4 Å². The van der Waals surface area contributed by atoms with Crippen LogP contribution in [0.15, 0.2) is 40.7 Å². The number of halogens is 4. The molecule has 0 fully saturated rings. The van der Waals surface area contributed by atoms with Gasteiger partial charge in [-0.25, -0.2) is 9.18 Å². The minimum Gasteiger partial charge on any atom is -0.456 e. The molecule has 0 saturated carbocycles. The molecular formula is C23H26F4N2O2. The highest BCUT2D eigenvalue weighted by atomic mass is 19.4. The van der Waals surface area contributed by atoms with Crippen molar-refractivity contribution in [1.82, 2.24) is 5.32 Å². The Morgan fingerprint density at radius 3 is 2.42 bits per heavy atom. The molecule has 0 spiro atoms. The molecule has 1 atom stereocenters. The predicted molar refractivity (Wildman–Crippen MR) is 108 cm³/mol. The van der Waals surface area contributed by atoms with Crippen LogP contribution in [0.4, 0.5) is 17.6 Å². The van der Waals surface area contributed by atoms with Crippen LogP contribution in [0.1, 0.15) is 70.9 Å². The fourth-order valence-corrected chi connectivity index (χ4v) is 3.45. The summed E-state index contributed by atoms with van der Waals surface area (Å²) in [6, 6.07) is 4.21. The zero-order valence-electron chi connectivity index (χ0n) is 18.2. The van der Waals surface area contributed by atoms with Crippen LogP contribution in [0.25, 0.3) is 0 Å². The highest BCUT2D eigenvalue weighted by Crippen LogP contribution is 2.45. The van der Waals surface area contributed by atoms with E-state index in [0.717, 1.165) is 12.1 Å². The number of rotatable bonds is 6. The number of carbonyl (C=O) groups excluding carboxylic acids is 1. The lowest BCUT2D eigenvalue weighted by atomic mass is 9.78. The number of hydrogen-bond donors (Lipinski definition) is 1. The molecule has 0 saturated heterocycles. The lowest BCUT2D eigenvalue weighted by molar-refractivity contribution is -0.152. The Hall–Kier alpha value is -2.82. The van der Waals surface area contributed by atoms with E-state index in [0.29, 0.717) is 36.7 Å². The number of benzene rings is 1. The molecule has 0 aromatic heterocycles. The van der Waals surface area contributed by atoms with Gasteiger partial charge in [-0.15, -0.1) is 0 Å². The average molecular weight is 438 g/mol. The van der Waals surface area contributed by atoms with Gasteiger partial charge in [-0.05, 0) is 51.3 Å². The highest BCUT2D eigenvalue weighted by molar-refractivity contribution is 5.93. The topological polar surface area (TPSA) is 62.1 Å². The molecule has 0 radical (unpaired) electrons. The van der Waals surface area contributed by atoms with Crippen molar-refractivity contribution in [2.24, 2.45) is 0 Å². The molecule has 31 heavy (non-hydrogen) atoms. The highest BCUT2D eigenvalue weighted by Gasteiger charge is 2.42. The van der Waals surface area contributed by atoms with Crippen LogP contribution >= 0.6 is 0 Å². The second kappa shape index (κ2) is 9.13. The van der Waals surface area contributed by atoms with E-state index in [1.807, 2.05) is 19.9 Å². The van der Waals surface area contributed by atoms with Gasteiger partial charge in [0.05, 0.1) is 28.7 Å². The summed E-state index contributed by atoms with van der Waals surface area (Å²) in [6.45, 7) is 8.64. The van der Waals surface area contributed by atoms with Gasteiger partial charge in [-0.2, -0.15) is 18.4 Å². The monoisotopic (exact) mass is 438 g/mol. The first kappa shape index (κ1) is 24.4. The molecule has 1 unspecified atom stereocenters. The number of nitrogens with zero attached hydrogens (tertiary/aromatic N) is 1. The predicted octanol–water partition coefficient (Wildman–Crippen LogP) is 6.11. The third-order valence-electron chi connectivity index (χ3n) is 5.34. The second-order valence-corrected chi connectivity index (χ2v) is 8.08. The van der Waals surface area contributed by atoms with Gasteiger partial charge in [0.2, 0.25) is 0 Å². The summed E-state index contributed by atoms with van der Waals surface area (Å²) < 4.78 is 60.7. The number of ether oxygens (including phenoxy) is 1. The van der Waals surface area contributed by atoms with E-state index in [1.165, 1.54) is 0 Å². The van der Waals surface area contributed by atoms with Crippen molar-refractivity contribution >= 4 is 5.97 Å². The van der Waals surface area contributed by atoms with Crippen molar-refractivity contribution in [2.75, 3.05) is 0 Å². The number of nitrogens with one attached hydrogen (secondary N) is 1. The maximum atomic E-state index is 13.8. The normalized spacial score (nSPS) is 17.4. The smallest absolute Gasteiger partial charge is 0.416 e. The van der Waals surface area contributed by atoms with Crippen LogP contribution in [-0.4, -0.2) is 11.6 Å². The molecule has 1 aromatic carbocycles. The van der Waals surface area contributed by atoms with E-state index in [9.17, 15) is 27.6 Å². The van der Waals surface area contributed by atoms with Crippen molar-refractivity contribution in [3.05, 3.63) is 57.7 Å². The number of alkyl halides is 3. The molecule has 0 bridgehead atoms. The summed E-state index contributed by atoms with van der Waals surface area (Å²) in [4.78, 5) is 13.2. The molecule has 0 aliphatic carbocycles. The van der Waals surface area contributed by atoms with Crippen LogP contribution in [0, 0.1) is 17.1 Å². The third kappa shape index (κ3) is 5.27. The average Bonchev–Trinajstić information content (AvgIpc) is 2.66. The molecule has 0 amide bonds. The fourth-order valence-electron chi connectivity index (χ4n) is 3.45. The van der Waals surface area contributed by atoms with Crippen molar-refractivity contribution in [3.63, 3.8) is 0 Å². The van der Waals surface area contributed by atoms with E-state index in [4.69, 9.17) is 4.74 Å². The van der Waals surface area contributed by atoms with Crippen LogP contribution in [-0.2, 0) is 15.7 Å². The number of esters is 1. The lowest BCUT2D eigenvalue weighted by Crippen LogP contribution is -2.35. The Labute approximate surface area is 179 Å². The molecule has 1 heterocycles. The minimum atomic E-state index is -4.88. The molecule has 1 N–H and O–H groups in total. The summed E-state index contributed by atoms with van der Waals surface area (Å²) in [5.41, 5.74) is -1.79. The summed E-state index contributed by atoms with van der Waals surface area (Å²) in [6.07, 6.45) is -3.42. The molecule has 1 aliphatic rings. The molecule has 1 aliphatic heterocycles. The van der Waals surface area contributed by atoms with Crippen molar-refractivity contribution in [3.8, 4) is 6.07 Å². The van der Waals surface area contributed by atoms with Gasteiger partial charge < -0.3 is 10.1 Å². The zero-order chi connectivity index (χ0) is 23.6. The van der Waals surface area contributed by atoms with Crippen molar-refractivity contribution in [2.45, 2.75) is 71.6 Å². The van der Waals surface area contributed by atoms with Gasteiger partial charge in [-0.1, -0.05) is 26.3 Å². The molecule has 2 rings (SSSR count). The Morgan fingerprint density at radius 2 is 1.90 bits per heavy atom. The number of nitriles is 1. The van der Waals surface area contributed by atoms with Crippen molar-refractivity contribution in [1.29, 1.82) is 5.26 Å². The number of allylic oxidation sites excluding steroid dienone is 3. The lowest BCUT2D eigenvalue weighted by Gasteiger charge is -2.33. The van der Waals surface area contributed by atoms with Gasteiger partial charge in [0, 0.05) is 11.4 Å². The Balaban J connectivity index is 2.82. The summed E-state index contributed by atoms with van der Waals surface area (Å²) in [5, 5.41) is 12.8. The minimum absolute atomic E-state index is 0.0433. The molecule has 4 nitrogen and oxygen atoms in total. The number of hydrogen-bond acceptors (Lipinski definition) is 4. The Bertz CT molecular complexity index is 969. The number of dihydropyridines is 1. The Kier molecular flexibility index (Phi) is 7.20. The van der Waals surface area contributed by atoms with E-state index in [1.54, 1.807) is 20.8 Å². The maximum Gasteiger partial charge on any atom is 0.416 e. The zero-order valence-corrected chi connectivity index (χ0v) is 18.2. The second-order valence-electron chi connectivity index (χ2n) is 8.08. The standard InChI is InChI=1S/C23H26F4N2O2/c1-6-8-18-20(21(30)31-22(4,5)7-2)19(16(12-28)13(3)29-18)15-10-9-14(24)11-17(15)23(25,26)27/h9-11,19,29H,6-8H2,1-5H3. The third-order valence-corrected chi connectivity index (χ3v) is 5.34. The van der Waals surface area contributed by atoms with Gasteiger partial charge in [-0.3, -0.25) is 0 Å². The first-order valence-electron chi connectivity index (χ1n) is 10.1. The first-order chi connectivity index (χ1) is 14.4.